The summed E-state index contributed by atoms with van der Waals surface area (Å²) < 4.78 is 20.0. The van der Waals surface area contributed by atoms with Crippen LogP contribution in [0.3, 0.4) is 0 Å². The number of imidazole rings is 1. The van der Waals surface area contributed by atoms with Gasteiger partial charge < -0.3 is 14.6 Å². The Morgan fingerprint density at radius 2 is 1.93 bits per heavy atom. The molecule has 1 N–H and O–H groups in total. The smallest absolute Gasteiger partial charge is 0.326 e. The number of hydrogen-bond donors (Lipinski definition) is 1. The Bertz CT molecular complexity index is 988. The van der Waals surface area contributed by atoms with Crippen LogP contribution in [0.15, 0.2) is 48.5 Å². The van der Waals surface area contributed by atoms with Gasteiger partial charge in [-0.2, -0.15) is 11.8 Å². The van der Waals surface area contributed by atoms with Crippen molar-refractivity contribution in [3.05, 3.63) is 60.2 Å². The van der Waals surface area contributed by atoms with E-state index in [0.717, 1.165) is 16.9 Å². The highest BCUT2D eigenvalue weighted by Crippen LogP contribution is 2.19. The normalized spacial score (nSPS) is 12.0. The summed E-state index contributed by atoms with van der Waals surface area (Å²) in [6, 6.07) is 12.9. The summed E-state index contributed by atoms with van der Waals surface area (Å²) in [5.41, 5.74) is 2.07. The first-order valence-electron chi connectivity index (χ1n) is 8.67. The van der Waals surface area contributed by atoms with Crippen molar-refractivity contribution < 1.29 is 18.7 Å². The molecule has 3 aromatic rings. The maximum Gasteiger partial charge on any atom is 0.326 e. The lowest BCUT2D eigenvalue weighted by molar-refractivity contribution is -0.153. The monoisotopic (exact) mass is 401 g/mol. The molecule has 2 aromatic carbocycles. The number of amides is 1. The van der Waals surface area contributed by atoms with E-state index >= 15 is 0 Å². The third-order valence-electron chi connectivity index (χ3n) is 4.08. The predicted octanol–water partition coefficient (Wildman–Crippen LogP) is 3.61. The van der Waals surface area contributed by atoms with Crippen LogP contribution in [-0.2, 0) is 26.6 Å². The van der Waals surface area contributed by atoms with Crippen LogP contribution in [0.4, 0.5) is 10.1 Å². The van der Waals surface area contributed by atoms with Gasteiger partial charge in [-0.05, 0) is 49.6 Å². The molecule has 8 heteroatoms. The third-order valence-corrected chi connectivity index (χ3v) is 4.63. The van der Waals surface area contributed by atoms with Crippen LogP contribution in [0.1, 0.15) is 12.7 Å². The summed E-state index contributed by atoms with van der Waals surface area (Å²) in [6.07, 6.45) is 0.973. The Morgan fingerprint density at radius 3 is 2.64 bits per heavy atom. The number of benzene rings is 2. The van der Waals surface area contributed by atoms with Gasteiger partial charge in [0.15, 0.2) is 6.10 Å². The van der Waals surface area contributed by atoms with Crippen molar-refractivity contribution in [3.8, 4) is 0 Å². The molecule has 146 valence electrons. The van der Waals surface area contributed by atoms with Crippen LogP contribution in [0.2, 0.25) is 0 Å². The molecule has 0 fully saturated rings. The van der Waals surface area contributed by atoms with Crippen LogP contribution in [-0.4, -0.2) is 33.8 Å². The third kappa shape index (κ3) is 4.69. The summed E-state index contributed by atoms with van der Waals surface area (Å²) in [5, 5.41) is 2.59. The average Bonchev–Trinajstić information content (AvgIpc) is 3.01. The number of rotatable bonds is 7. The molecular formula is C20H20FN3O3S. The van der Waals surface area contributed by atoms with Gasteiger partial charge in [-0.25, -0.2) is 9.37 Å². The van der Waals surface area contributed by atoms with Crippen LogP contribution in [0.25, 0.3) is 11.0 Å². The van der Waals surface area contributed by atoms with E-state index in [1.165, 1.54) is 31.2 Å². The number of carbonyl (C=O) groups is 2. The van der Waals surface area contributed by atoms with Gasteiger partial charge in [0.1, 0.15) is 18.2 Å². The number of thioether (sulfide) groups is 1. The summed E-state index contributed by atoms with van der Waals surface area (Å²) >= 11 is 1.61. The number of hydrogen-bond acceptors (Lipinski definition) is 5. The van der Waals surface area contributed by atoms with Gasteiger partial charge in [-0.3, -0.25) is 9.59 Å². The van der Waals surface area contributed by atoms with Crippen molar-refractivity contribution in [2.45, 2.75) is 25.3 Å². The summed E-state index contributed by atoms with van der Waals surface area (Å²) in [6.45, 7) is 1.45. The minimum Gasteiger partial charge on any atom is -0.451 e. The molecule has 0 aliphatic carbocycles. The SMILES string of the molecule is CSCc1nc2ccccc2n1CC(=O)O[C@@H](C)C(=O)Nc1ccc(F)cc1. The van der Waals surface area contributed by atoms with E-state index in [1.54, 1.807) is 16.3 Å². The van der Waals surface area contributed by atoms with Crippen LogP contribution in [0, 0.1) is 5.82 Å². The largest absolute Gasteiger partial charge is 0.451 e. The van der Waals surface area contributed by atoms with Gasteiger partial charge in [-0.15, -0.1) is 0 Å². The zero-order chi connectivity index (χ0) is 20.1. The second-order valence-electron chi connectivity index (χ2n) is 6.16. The molecule has 0 saturated heterocycles. The van der Waals surface area contributed by atoms with Crippen molar-refractivity contribution in [1.29, 1.82) is 0 Å². The lowest BCUT2D eigenvalue weighted by Gasteiger charge is -2.15. The number of esters is 1. The summed E-state index contributed by atoms with van der Waals surface area (Å²) in [7, 11) is 0. The number of ether oxygens (including phenoxy) is 1. The molecule has 28 heavy (non-hydrogen) atoms. The maximum absolute atomic E-state index is 12.9. The minimum atomic E-state index is -0.990. The Kier molecular flexibility index (Phi) is 6.30. The number of halogens is 1. The Morgan fingerprint density at radius 1 is 1.21 bits per heavy atom. The summed E-state index contributed by atoms with van der Waals surface area (Å²) in [5.74, 6) is 0.00921. The van der Waals surface area contributed by atoms with Crippen molar-refractivity contribution in [3.63, 3.8) is 0 Å². The van der Waals surface area contributed by atoms with E-state index < -0.39 is 23.8 Å². The first-order chi connectivity index (χ1) is 13.5. The minimum absolute atomic E-state index is 0.0371. The highest BCUT2D eigenvalue weighted by molar-refractivity contribution is 7.97. The van der Waals surface area contributed by atoms with Crippen molar-refractivity contribution >= 4 is 40.4 Å². The number of nitrogens with zero attached hydrogens (tertiary/aromatic N) is 2. The van der Waals surface area contributed by atoms with E-state index in [1.807, 2.05) is 30.5 Å². The highest BCUT2D eigenvalue weighted by atomic mass is 32.2. The fraction of sp³-hybridized carbons (Fsp3) is 0.250. The van der Waals surface area contributed by atoms with E-state index in [0.29, 0.717) is 11.4 Å². The van der Waals surface area contributed by atoms with E-state index in [4.69, 9.17) is 4.74 Å². The molecule has 0 bridgehead atoms. The average molecular weight is 401 g/mol. The molecule has 0 radical (unpaired) electrons. The number of fused-ring (bicyclic) bond motifs is 1. The molecule has 0 unspecified atom stereocenters. The number of anilines is 1. The quantitative estimate of drug-likeness (QED) is 0.613. The fourth-order valence-corrected chi connectivity index (χ4v) is 3.21. The number of nitrogens with one attached hydrogen (secondary N) is 1. The molecule has 0 saturated carbocycles. The molecule has 0 aliphatic rings. The second kappa shape index (κ2) is 8.88. The zero-order valence-electron chi connectivity index (χ0n) is 15.5. The fourth-order valence-electron chi connectivity index (χ4n) is 2.74. The number of aromatic nitrogens is 2. The topological polar surface area (TPSA) is 73.2 Å². The Balaban J connectivity index is 1.66. The van der Waals surface area contributed by atoms with E-state index in [-0.39, 0.29) is 6.54 Å². The number of para-hydroxylation sites is 2. The van der Waals surface area contributed by atoms with Crippen LogP contribution < -0.4 is 5.32 Å². The molecule has 6 nitrogen and oxygen atoms in total. The van der Waals surface area contributed by atoms with Gasteiger partial charge in [0.2, 0.25) is 0 Å². The first-order valence-corrected chi connectivity index (χ1v) is 10.1. The van der Waals surface area contributed by atoms with Crippen molar-refractivity contribution in [1.82, 2.24) is 9.55 Å². The molecule has 1 amide bonds. The van der Waals surface area contributed by atoms with Gasteiger partial charge in [-0.1, -0.05) is 12.1 Å². The summed E-state index contributed by atoms with van der Waals surface area (Å²) in [4.78, 5) is 29.2. The lowest BCUT2D eigenvalue weighted by Crippen LogP contribution is -2.31. The lowest BCUT2D eigenvalue weighted by atomic mass is 10.3. The molecule has 1 aromatic heterocycles. The second-order valence-corrected chi connectivity index (χ2v) is 7.03. The molecule has 0 aliphatic heterocycles. The standard InChI is InChI=1S/C20H20FN3O3S/c1-13(20(26)22-15-9-7-14(21)8-10-15)27-19(25)11-24-17-6-4-3-5-16(17)23-18(24)12-28-2/h3-10,13H,11-12H2,1-2H3,(H,22,26)/t13-/m0/s1. The van der Waals surface area contributed by atoms with E-state index in [2.05, 4.69) is 10.3 Å². The van der Waals surface area contributed by atoms with Gasteiger partial charge in [0.05, 0.1) is 16.8 Å². The predicted molar refractivity (Wildman–Crippen MR) is 108 cm³/mol. The highest BCUT2D eigenvalue weighted by Gasteiger charge is 2.20. The maximum atomic E-state index is 12.9. The molecular weight excluding hydrogens is 381 g/mol. The first kappa shape index (κ1) is 19.9. The van der Waals surface area contributed by atoms with Gasteiger partial charge >= 0.3 is 5.97 Å². The Hall–Kier alpha value is -2.87. The van der Waals surface area contributed by atoms with Crippen molar-refractivity contribution in [2.24, 2.45) is 0 Å². The molecule has 1 atom stereocenters. The van der Waals surface area contributed by atoms with E-state index in [9.17, 15) is 14.0 Å². The molecule has 0 spiro atoms. The zero-order valence-corrected chi connectivity index (χ0v) is 16.3. The molecule has 1 heterocycles. The van der Waals surface area contributed by atoms with Crippen LogP contribution >= 0.6 is 11.8 Å². The molecule has 3 rings (SSSR count). The van der Waals surface area contributed by atoms with Gasteiger partial charge in [0, 0.05) is 5.69 Å². The van der Waals surface area contributed by atoms with Crippen molar-refractivity contribution in [2.75, 3.05) is 11.6 Å². The van der Waals surface area contributed by atoms with Gasteiger partial charge in [0.25, 0.3) is 5.91 Å². The number of carbonyl (C=O) groups excluding carboxylic acids is 2. The Labute approximate surface area is 166 Å². The van der Waals surface area contributed by atoms with Crippen LogP contribution in [0.5, 0.6) is 0 Å².